The Balaban J connectivity index is 1.71. The minimum atomic E-state index is -3.67. The number of halogens is 1. The molecule has 0 spiro atoms. The number of anilines is 1. The number of sulfonamides is 1. The number of hydrogen-bond donors (Lipinski definition) is 1. The minimum absolute atomic E-state index is 0.273. The van der Waals surface area contributed by atoms with E-state index in [1.54, 1.807) is 42.5 Å². The standard InChI is InChI=1S/C18H19ClN2O5S/c1-27(23,24)21(15-6-7-16-17(10-15)26-9-8-25-16)12-18(22)20-11-13-2-4-14(19)5-3-13/h2-7,10H,8-9,11-12H2,1H3,(H,20,22). The van der Waals surface area contributed by atoms with Crippen LogP contribution in [-0.2, 0) is 21.4 Å². The number of amides is 1. The zero-order chi connectivity index (χ0) is 19.4. The fraction of sp³-hybridized carbons (Fsp3) is 0.278. The fourth-order valence-electron chi connectivity index (χ4n) is 2.58. The van der Waals surface area contributed by atoms with Gasteiger partial charge in [-0.05, 0) is 29.8 Å². The molecule has 2 aromatic rings. The summed E-state index contributed by atoms with van der Waals surface area (Å²) in [5, 5.41) is 3.31. The summed E-state index contributed by atoms with van der Waals surface area (Å²) >= 11 is 5.83. The van der Waals surface area contributed by atoms with E-state index in [9.17, 15) is 13.2 Å². The lowest BCUT2D eigenvalue weighted by Gasteiger charge is -2.24. The van der Waals surface area contributed by atoms with E-state index in [-0.39, 0.29) is 13.1 Å². The molecule has 0 bridgehead atoms. The molecule has 3 rings (SSSR count). The molecular formula is C18H19ClN2O5S. The van der Waals surface area contributed by atoms with Gasteiger partial charge in [-0.3, -0.25) is 9.10 Å². The molecule has 0 radical (unpaired) electrons. The van der Waals surface area contributed by atoms with Crippen molar-refractivity contribution in [2.75, 3.05) is 30.3 Å². The lowest BCUT2D eigenvalue weighted by molar-refractivity contribution is -0.119. The van der Waals surface area contributed by atoms with Gasteiger partial charge in [0.2, 0.25) is 15.9 Å². The smallest absolute Gasteiger partial charge is 0.241 e. The van der Waals surface area contributed by atoms with Crippen molar-refractivity contribution < 1.29 is 22.7 Å². The molecule has 1 amide bonds. The third-order valence-corrected chi connectivity index (χ3v) is 5.30. The van der Waals surface area contributed by atoms with Crippen LogP contribution in [0.2, 0.25) is 5.02 Å². The van der Waals surface area contributed by atoms with Gasteiger partial charge < -0.3 is 14.8 Å². The topological polar surface area (TPSA) is 84.9 Å². The molecule has 0 unspecified atom stereocenters. The average Bonchev–Trinajstić information content (AvgIpc) is 2.64. The zero-order valence-electron chi connectivity index (χ0n) is 14.6. The van der Waals surface area contributed by atoms with Crippen molar-refractivity contribution in [3.63, 3.8) is 0 Å². The van der Waals surface area contributed by atoms with Crippen molar-refractivity contribution >= 4 is 33.2 Å². The Bertz CT molecular complexity index is 931. The van der Waals surface area contributed by atoms with Crippen molar-refractivity contribution in [3.05, 3.63) is 53.1 Å². The summed E-state index contributed by atoms with van der Waals surface area (Å²) in [6.07, 6.45) is 1.05. The molecule has 144 valence electrons. The number of benzene rings is 2. The molecule has 0 aliphatic carbocycles. The highest BCUT2D eigenvalue weighted by molar-refractivity contribution is 7.92. The number of carbonyl (C=O) groups excluding carboxylic acids is 1. The fourth-order valence-corrected chi connectivity index (χ4v) is 3.55. The Morgan fingerprint density at radius 3 is 2.44 bits per heavy atom. The summed E-state index contributed by atoms with van der Waals surface area (Å²) in [6.45, 7) is 0.757. The van der Waals surface area contributed by atoms with Crippen LogP contribution < -0.4 is 19.1 Å². The van der Waals surface area contributed by atoms with Crippen LogP contribution in [0.5, 0.6) is 11.5 Å². The van der Waals surface area contributed by atoms with Gasteiger partial charge in [0.15, 0.2) is 11.5 Å². The Kier molecular flexibility index (Phi) is 5.76. The van der Waals surface area contributed by atoms with Crippen LogP contribution in [0, 0.1) is 0 Å². The molecule has 2 aromatic carbocycles. The van der Waals surface area contributed by atoms with E-state index in [0.29, 0.717) is 35.4 Å². The van der Waals surface area contributed by atoms with Crippen LogP contribution in [0.25, 0.3) is 0 Å². The number of nitrogens with one attached hydrogen (secondary N) is 1. The summed E-state index contributed by atoms with van der Waals surface area (Å²) in [6, 6.07) is 11.8. The summed E-state index contributed by atoms with van der Waals surface area (Å²) < 4.78 is 36.4. The third-order valence-electron chi connectivity index (χ3n) is 3.90. The van der Waals surface area contributed by atoms with Crippen LogP contribution in [0.15, 0.2) is 42.5 Å². The van der Waals surface area contributed by atoms with Crippen LogP contribution in [0.3, 0.4) is 0 Å². The monoisotopic (exact) mass is 410 g/mol. The van der Waals surface area contributed by atoms with Gasteiger partial charge in [0.25, 0.3) is 0 Å². The van der Waals surface area contributed by atoms with E-state index in [1.807, 2.05) is 0 Å². The Morgan fingerprint density at radius 2 is 1.78 bits per heavy atom. The number of hydrogen-bond acceptors (Lipinski definition) is 5. The van der Waals surface area contributed by atoms with Crippen LogP contribution in [0.4, 0.5) is 5.69 Å². The van der Waals surface area contributed by atoms with Crippen molar-refractivity contribution in [2.45, 2.75) is 6.54 Å². The molecule has 0 aromatic heterocycles. The lowest BCUT2D eigenvalue weighted by atomic mass is 10.2. The SMILES string of the molecule is CS(=O)(=O)N(CC(=O)NCc1ccc(Cl)cc1)c1ccc2c(c1)OCCO2. The first-order chi connectivity index (χ1) is 12.8. The van der Waals surface area contributed by atoms with Gasteiger partial charge in [-0.25, -0.2) is 8.42 Å². The minimum Gasteiger partial charge on any atom is -0.486 e. The largest absolute Gasteiger partial charge is 0.486 e. The zero-order valence-corrected chi connectivity index (χ0v) is 16.2. The summed E-state index contributed by atoms with van der Waals surface area (Å²) in [4.78, 5) is 12.3. The van der Waals surface area contributed by atoms with Gasteiger partial charge in [0, 0.05) is 17.6 Å². The van der Waals surface area contributed by atoms with Crippen molar-refractivity contribution in [2.24, 2.45) is 0 Å². The van der Waals surface area contributed by atoms with Gasteiger partial charge in [-0.15, -0.1) is 0 Å². The number of carbonyl (C=O) groups is 1. The predicted molar refractivity (Wildman–Crippen MR) is 103 cm³/mol. The van der Waals surface area contributed by atoms with Crippen LogP contribution in [-0.4, -0.2) is 40.3 Å². The molecule has 7 nitrogen and oxygen atoms in total. The van der Waals surface area contributed by atoms with Gasteiger partial charge in [-0.2, -0.15) is 0 Å². The second kappa shape index (κ2) is 8.06. The first kappa shape index (κ1) is 19.3. The Morgan fingerprint density at radius 1 is 1.11 bits per heavy atom. The van der Waals surface area contributed by atoms with E-state index in [4.69, 9.17) is 21.1 Å². The maximum Gasteiger partial charge on any atom is 0.241 e. The van der Waals surface area contributed by atoms with Gasteiger partial charge in [0.05, 0.1) is 11.9 Å². The summed E-state index contributed by atoms with van der Waals surface area (Å²) in [5.74, 6) is 0.574. The molecule has 0 fully saturated rings. The second-order valence-electron chi connectivity index (χ2n) is 6.00. The highest BCUT2D eigenvalue weighted by atomic mass is 35.5. The first-order valence-electron chi connectivity index (χ1n) is 8.21. The molecule has 27 heavy (non-hydrogen) atoms. The number of ether oxygens (including phenoxy) is 2. The highest BCUT2D eigenvalue weighted by Crippen LogP contribution is 2.34. The van der Waals surface area contributed by atoms with Gasteiger partial charge in [0.1, 0.15) is 19.8 Å². The quantitative estimate of drug-likeness (QED) is 0.789. The van der Waals surface area contributed by atoms with Crippen LogP contribution >= 0.6 is 11.6 Å². The summed E-state index contributed by atoms with van der Waals surface area (Å²) in [5.41, 5.74) is 1.20. The molecule has 1 aliphatic rings. The second-order valence-corrected chi connectivity index (χ2v) is 8.34. The lowest BCUT2D eigenvalue weighted by Crippen LogP contribution is -2.40. The van der Waals surface area contributed by atoms with E-state index in [2.05, 4.69) is 5.32 Å². The number of rotatable bonds is 6. The molecule has 0 atom stereocenters. The van der Waals surface area contributed by atoms with Gasteiger partial charge >= 0.3 is 0 Å². The maximum atomic E-state index is 12.3. The molecule has 9 heteroatoms. The predicted octanol–water partition coefficient (Wildman–Crippen LogP) is 2.19. The highest BCUT2D eigenvalue weighted by Gasteiger charge is 2.23. The molecular weight excluding hydrogens is 392 g/mol. The Labute approximate surface area is 162 Å². The van der Waals surface area contributed by atoms with E-state index >= 15 is 0 Å². The van der Waals surface area contributed by atoms with Crippen LogP contribution in [0.1, 0.15) is 5.56 Å². The van der Waals surface area contributed by atoms with Crippen molar-refractivity contribution in [1.29, 1.82) is 0 Å². The average molecular weight is 411 g/mol. The molecule has 1 heterocycles. The van der Waals surface area contributed by atoms with E-state index in [1.165, 1.54) is 0 Å². The van der Waals surface area contributed by atoms with Crippen molar-refractivity contribution in [1.82, 2.24) is 5.32 Å². The van der Waals surface area contributed by atoms with Gasteiger partial charge in [-0.1, -0.05) is 23.7 Å². The molecule has 0 saturated carbocycles. The molecule has 0 saturated heterocycles. The first-order valence-corrected chi connectivity index (χ1v) is 10.4. The summed E-state index contributed by atoms with van der Waals surface area (Å²) in [7, 11) is -3.67. The maximum absolute atomic E-state index is 12.3. The third kappa shape index (κ3) is 5.05. The Hall–Kier alpha value is -2.45. The number of nitrogens with zero attached hydrogens (tertiary/aromatic N) is 1. The van der Waals surface area contributed by atoms with E-state index in [0.717, 1.165) is 16.1 Å². The molecule has 1 N–H and O–H groups in total. The van der Waals surface area contributed by atoms with E-state index < -0.39 is 15.9 Å². The molecule has 1 aliphatic heterocycles. The van der Waals surface area contributed by atoms with Crippen molar-refractivity contribution in [3.8, 4) is 11.5 Å². The number of fused-ring (bicyclic) bond motifs is 1. The normalized spacial score (nSPS) is 13.1.